The van der Waals surface area contributed by atoms with E-state index in [0.29, 0.717) is 19.3 Å². The molecule has 0 aliphatic carbocycles. The molecule has 3 aromatic rings. The van der Waals surface area contributed by atoms with Gasteiger partial charge in [0.25, 0.3) is 0 Å². The number of hydrogen-bond acceptors (Lipinski definition) is 5. The van der Waals surface area contributed by atoms with Gasteiger partial charge in [0.1, 0.15) is 0 Å². The first-order chi connectivity index (χ1) is 13.4. The predicted octanol–water partition coefficient (Wildman–Crippen LogP) is 2.82. The number of carbonyl (C=O) groups is 1. The van der Waals surface area contributed by atoms with Gasteiger partial charge in [0, 0.05) is 12.6 Å². The number of aromatic nitrogens is 1. The molecule has 1 amide bonds. The molecule has 0 aliphatic rings. The van der Waals surface area contributed by atoms with Crippen molar-refractivity contribution in [2.75, 3.05) is 0 Å². The number of nitrogens with zero attached hydrogens (tertiary/aromatic N) is 1. The molecular formula is C20H21N3O3S2. The number of amides is 1. The molecule has 0 aliphatic heterocycles. The Hall–Kier alpha value is -2.55. The third-order valence-corrected chi connectivity index (χ3v) is 5.95. The lowest BCUT2D eigenvalue weighted by atomic mass is 10.0. The lowest BCUT2D eigenvalue weighted by molar-refractivity contribution is -0.121. The van der Waals surface area contributed by atoms with Crippen LogP contribution in [0.1, 0.15) is 29.3 Å². The van der Waals surface area contributed by atoms with Gasteiger partial charge in [-0.15, -0.1) is 0 Å². The van der Waals surface area contributed by atoms with Gasteiger partial charge in [-0.1, -0.05) is 18.2 Å². The Morgan fingerprint density at radius 2 is 1.89 bits per heavy atom. The summed E-state index contributed by atoms with van der Waals surface area (Å²) >= 11 is 1.62. The molecule has 1 atom stereocenters. The molecule has 28 heavy (non-hydrogen) atoms. The Morgan fingerprint density at radius 1 is 1.11 bits per heavy atom. The van der Waals surface area contributed by atoms with Crippen LogP contribution in [0.2, 0.25) is 0 Å². The van der Waals surface area contributed by atoms with E-state index in [9.17, 15) is 13.2 Å². The Labute approximate surface area is 168 Å². The van der Waals surface area contributed by atoms with E-state index in [-0.39, 0.29) is 16.8 Å². The van der Waals surface area contributed by atoms with Crippen molar-refractivity contribution in [3.63, 3.8) is 0 Å². The van der Waals surface area contributed by atoms with Gasteiger partial charge in [-0.05, 0) is 65.1 Å². The van der Waals surface area contributed by atoms with Crippen LogP contribution in [0.4, 0.5) is 0 Å². The number of pyridine rings is 1. The Bertz CT molecular complexity index is 1000. The van der Waals surface area contributed by atoms with Gasteiger partial charge in [-0.3, -0.25) is 9.78 Å². The van der Waals surface area contributed by atoms with Crippen molar-refractivity contribution in [2.45, 2.75) is 30.2 Å². The van der Waals surface area contributed by atoms with E-state index >= 15 is 0 Å². The van der Waals surface area contributed by atoms with Crippen molar-refractivity contribution in [1.82, 2.24) is 10.3 Å². The van der Waals surface area contributed by atoms with Crippen LogP contribution in [-0.2, 0) is 27.7 Å². The van der Waals surface area contributed by atoms with Crippen LogP contribution in [-0.4, -0.2) is 19.3 Å². The Balaban J connectivity index is 1.62. The maximum atomic E-state index is 12.5. The fraction of sp³-hybridized carbons (Fsp3) is 0.200. The Morgan fingerprint density at radius 3 is 2.50 bits per heavy atom. The molecule has 0 fully saturated rings. The molecule has 3 N–H and O–H groups in total. The maximum absolute atomic E-state index is 12.5. The number of nitrogens with one attached hydrogen (secondary N) is 1. The van der Waals surface area contributed by atoms with Gasteiger partial charge < -0.3 is 5.32 Å². The van der Waals surface area contributed by atoms with Crippen molar-refractivity contribution in [3.8, 4) is 0 Å². The van der Waals surface area contributed by atoms with E-state index in [1.54, 1.807) is 29.7 Å². The molecule has 3 rings (SSSR count). The summed E-state index contributed by atoms with van der Waals surface area (Å²) < 4.78 is 22.6. The maximum Gasteiger partial charge on any atom is 0.238 e. The minimum Gasteiger partial charge on any atom is -0.347 e. The molecule has 6 nitrogen and oxygen atoms in total. The fourth-order valence-corrected chi connectivity index (χ4v) is 4.02. The molecule has 0 radical (unpaired) electrons. The van der Waals surface area contributed by atoms with Gasteiger partial charge in [0.05, 0.1) is 16.6 Å². The number of aryl methyl sites for hydroxylation is 1. The van der Waals surface area contributed by atoms with Crippen LogP contribution in [0, 0.1) is 0 Å². The predicted molar refractivity (Wildman–Crippen MR) is 109 cm³/mol. The fourth-order valence-electron chi connectivity index (χ4n) is 2.83. The van der Waals surface area contributed by atoms with Crippen molar-refractivity contribution in [3.05, 3.63) is 82.3 Å². The number of rotatable bonds is 8. The SMILES string of the molecule is NS(=O)(=O)c1ccc(CCC(=O)NC(Cc2ccsc2)c2ccccn2)cc1. The van der Waals surface area contributed by atoms with Crippen molar-refractivity contribution in [1.29, 1.82) is 0 Å². The van der Waals surface area contributed by atoms with Gasteiger partial charge in [-0.25, -0.2) is 13.6 Å². The molecule has 8 heteroatoms. The van der Waals surface area contributed by atoms with Crippen molar-refractivity contribution < 1.29 is 13.2 Å². The molecule has 0 saturated carbocycles. The van der Waals surface area contributed by atoms with Crippen LogP contribution in [0.25, 0.3) is 0 Å². The molecule has 1 aromatic carbocycles. The summed E-state index contributed by atoms with van der Waals surface area (Å²) in [4.78, 5) is 16.9. The molecule has 0 saturated heterocycles. The quantitative estimate of drug-likeness (QED) is 0.590. The van der Waals surface area contributed by atoms with Crippen LogP contribution < -0.4 is 10.5 Å². The average Bonchev–Trinajstić information content (AvgIpc) is 3.19. The first kappa shape index (κ1) is 20.2. The number of carbonyl (C=O) groups excluding carboxylic acids is 1. The summed E-state index contributed by atoms with van der Waals surface area (Å²) in [5, 5.41) is 12.2. The summed E-state index contributed by atoms with van der Waals surface area (Å²) in [5.41, 5.74) is 2.84. The van der Waals surface area contributed by atoms with Gasteiger partial charge >= 0.3 is 0 Å². The van der Waals surface area contributed by atoms with E-state index in [1.807, 2.05) is 29.6 Å². The van der Waals surface area contributed by atoms with E-state index in [2.05, 4.69) is 15.7 Å². The van der Waals surface area contributed by atoms with Gasteiger partial charge in [0.2, 0.25) is 15.9 Å². The largest absolute Gasteiger partial charge is 0.347 e. The molecule has 146 valence electrons. The normalized spacial score (nSPS) is 12.5. The second-order valence-electron chi connectivity index (χ2n) is 6.40. The third kappa shape index (κ3) is 5.72. The highest BCUT2D eigenvalue weighted by Gasteiger charge is 2.17. The zero-order valence-electron chi connectivity index (χ0n) is 15.1. The average molecular weight is 416 g/mol. The van der Waals surface area contributed by atoms with Gasteiger partial charge in [-0.2, -0.15) is 11.3 Å². The number of hydrogen-bond donors (Lipinski definition) is 2. The highest BCUT2D eigenvalue weighted by Crippen LogP contribution is 2.19. The molecular weight excluding hydrogens is 394 g/mol. The second kappa shape index (κ2) is 9.09. The van der Waals surface area contributed by atoms with Crippen LogP contribution in [0.5, 0.6) is 0 Å². The molecule has 0 spiro atoms. The molecule has 2 heterocycles. The van der Waals surface area contributed by atoms with E-state index < -0.39 is 10.0 Å². The van der Waals surface area contributed by atoms with Crippen LogP contribution in [0.3, 0.4) is 0 Å². The highest BCUT2D eigenvalue weighted by molar-refractivity contribution is 7.89. The third-order valence-electron chi connectivity index (χ3n) is 4.29. The van der Waals surface area contributed by atoms with Crippen molar-refractivity contribution >= 4 is 27.3 Å². The zero-order valence-corrected chi connectivity index (χ0v) is 16.7. The summed E-state index contributed by atoms with van der Waals surface area (Å²) in [6.07, 6.45) is 3.19. The number of sulfonamides is 1. The highest BCUT2D eigenvalue weighted by atomic mass is 32.2. The lowest BCUT2D eigenvalue weighted by Crippen LogP contribution is -2.30. The van der Waals surface area contributed by atoms with E-state index in [1.165, 1.54) is 12.1 Å². The summed E-state index contributed by atoms with van der Waals surface area (Å²) in [7, 11) is -3.71. The minimum atomic E-state index is -3.71. The van der Waals surface area contributed by atoms with E-state index in [0.717, 1.165) is 16.8 Å². The first-order valence-electron chi connectivity index (χ1n) is 8.75. The topological polar surface area (TPSA) is 102 Å². The number of primary sulfonamides is 1. The van der Waals surface area contributed by atoms with Crippen LogP contribution >= 0.6 is 11.3 Å². The summed E-state index contributed by atoms with van der Waals surface area (Å²) in [6.45, 7) is 0. The second-order valence-corrected chi connectivity index (χ2v) is 8.74. The lowest BCUT2D eigenvalue weighted by Gasteiger charge is -2.18. The molecule has 1 unspecified atom stereocenters. The van der Waals surface area contributed by atoms with Crippen molar-refractivity contribution in [2.24, 2.45) is 5.14 Å². The number of benzene rings is 1. The van der Waals surface area contributed by atoms with Gasteiger partial charge in [0.15, 0.2) is 0 Å². The van der Waals surface area contributed by atoms with E-state index in [4.69, 9.17) is 5.14 Å². The standard InChI is InChI=1S/C20H21N3O3S2/c21-28(25,26)17-7-4-15(5-8-17)6-9-20(24)23-19(13-16-10-12-27-14-16)18-3-1-2-11-22-18/h1-5,7-8,10-12,14,19H,6,9,13H2,(H,23,24)(H2,21,25,26). The number of nitrogens with two attached hydrogens (primary N) is 1. The molecule has 0 bridgehead atoms. The number of thiophene rings is 1. The monoisotopic (exact) mass is 415 g/mol. The zero-order chi connectivity index (χ0) is 20.0. The minimum absolute atomic E-state index is 0.0617. The Kier molecular flexibility index (Phi) is 6.56. The smallest absolute Gasteiger partial charge is 0.238 e. The molecule has 2 aromatic heterocycles. The summed E-state index contributed by atoms with van der Waals surface area (Å²) in [5.74, 6) is -0.0820. The summed E-state index contributed by atoms with van der Waals surface area (Å²) in [6, 6.07) is 13.8. The van der Waals surface area contributed by atoms with Crippen LogP contribution in [0.15, 0.2) is 70.4 Å². The first-order valence-corrected chi connectivity index (χ1v) is 11.2.